The molecule has 1 N–H and O–H groups in total. The Morgan fingerprint density at radius 2 is 1.68 bits per heavy atom. The number of aromatic nitrogens is 2. The highest BCUT2D eigenvalue weighted by atomic mass is 16.6. The van der Waals surface area contributed by atoms with E-state index in [9.17, 15) is 9.59 Å². The van der Waals surface area contributed by atoms with Crippen LogP contribution < -0.4 is 5.32 Å². The molecule has 3 aromatic rings. The lowest BCUT2D eigenvalue weighted by Gasteiger charge is -2.22. The van der Waals surface area contributed by atoms with Crippen LogP contribution in [0.2, 0.25) is 0 Å². The Labute approximate surface area is 180 Å². The number of rotatable bonds is 7. The van der Waals surface area contributed by atoms with Gasteiger partial charge in [-0.1, -0.05) is 65.8 Å². The van der Waals surface area contributed by atoms with Gasteiger partial charge in [0.15, 0.2) is 0 Å². The molecule has 1 heterocycles. The number of nitrogens with one attached hydrogen (secondary N) is 1. The monoisotopic (exact) mass is 423 g/mol. The van der Waals surface area contributed by atoms with Gasteiger partial charge in [0.1, 0.15) is 18.2 Å². The quantitative estimate of drug-likeness (QED) is 0.575. The third kappa shape index (κ3) is 6.95. The third-order valence-electron chi connectivity index (χ3n) is 4.08. The molecule has 3 rings (SSSR count). The first-order chi connectivity index (χ1) is 14.8. The van der Waals surface area contributed by atoms with Crippen LogP contribution in [-0.2, 0) is 27.3 Å². The predicted molar refractivity (Wildman–Crippen MR) is 113 cm³/mol. The molecule has 8 nitrogen and oxygen atoms in total. The molecule has 31 heavy (non-hydrogen) atoms. The number of carbonyl (C=O) groups is 2. The first kappa shape index (κ1) is 22.0. The van der Waals surface area contributed by atoms with Crippen molar-refractivity contribution in [1.82, 2.24) is 15.5 Å². The van der Waals surface area contributed by atoms with Crippen LogP contribution in [0.4, 0.5) is 4.79 Å². The molecule has 0 bridgehead atoms. The van der Waals surface area contributed by atoms with Gasteiger partial charge in [-0.2, -0.15) is 4.98 Å². The average molecular weight is 423 g/mol. The maximum atomic E-state index is 12.7. The summed E-state index contributed by atoms with van der Waals surface area (Å²) in [6, 6.07) is 17.5. The summed E-state index contributed by atoms with van der Waals surface area (Å²) < 4.78 is 15.9. The Morgan fingerprint density at radius 3 is 2.32 bits per heavy atom. The van der Waals surface area contributed by atoms with Crippen molar-refractivity contribution in [2.75, 3.05) is 0 Å². The van der Waals surface area contributed by atoms with Crippen molar-refractivity contribution in [2.24, 2.45) is 0 Å². The number of alkyl carbamates (subject to hydrolysis) is 1. The van der Waals surface area contributed by atoms with Crippen molar-refractivity contribution in [2.45, 2.75) is 45.4 Å². The summed E-state index contributed by atoms with van der Waals surface area (Å²) in [4.78, 5) is 29.3. The first-order valence-corrected chi connectivity index (χ1v) is 9.88. The van der Waals surface area contributed by atoms with E-state index in [0.717, 1.165) is 11.1 Å². The summed E-state index contributed by atoms with van der Waals surface area (Å²) in [5.41, 5.74) is 0.893. The van der Waals surface area contributed by atoms with Crippen LogP contribution in [0.25, 0.3) is 11.4 Å². The van der Waals surface area contributed by atoms with Crippen LogP contribution in [0.1, 0.15) is 32.2 Å². The van der Waals surface area contributed by atoms with Crippen molar-refractivity contribution in [3.8, 4) is 11.4 Å². The van der Waals surface area contributed by atoms with Gasteiger partial charge >= 0.3 is 12.1 Å². The van der Waals surface area contributed by atoms with E-state index in [2.05, 4.69) is 15.5 Å². The fourth-order valence-electron chi connectivity index (χ4n) is 2.69. The minimum Gasteiger partial charge on any atom is -0.459 e. The molecule has 0 saturated carbocycles. The summed E-state index contributed by atoms with van der Waals surface area (Å²) >= 11 is 0. The van der Waals surface area contributed by atoms with Crippen molar-refractivity contribution < 1.29 is 23.6 Å². The zero-order chi connectivity index (χ0) is 22.3. The molecular formula is C23H25N3O5. The Kier molecular flexibility index (Phi) is 7.02. The highest BCUT2D eigenvalue weighted by molar-refractivity contribution is 5.81. The number of amides is 1. The van der Waals surface area contributed by atoms with Crippen LogP contribution in [-0.4, -0.2) is 33.8 Å². The van der Waals surface area contributed by atoms with Gasteiger partial charge in [-0.3, -0.25) is 0 Å². The van der Waals surface area contributed by atoms with Gasteiger partial charge in [-0.25, -0.2) is 9.59 Å². The van der Waals surface area contributed by atoms with Crippen LogP contribution >= 0.6 is 0 Å². The molecule has 1 atom stereocenters. The maximum Gasteiger partial charge on any atom is 0.408 e. The second kappa shape index (κ2) is 9.88. The maximum absolute atomic E-state index is 12.7. The fourth-order valence-corrected chi connectivity index (χ4v) is 2.69. The highest BCUT2D eigenvalue weighted by Gasteiger charge is 2.28. The van der Waals surface area contributed by atoms with Gasteiger partial charge in [0.25, 0.3) is 0 Å². The number of esters is 1. The zero-order valence-electron chi connectivity index (χ0n) is 17.7. The molecule has 8 heteroatoms. The number of ether oxygens (including phenoxy) is 2. The molecule has 0 aliphatic carbocycles. The Balaban J connectivity index is 1.71. The minimum absolute atomic E-state index is 0.0350. The SMILES string of the molecule is CC(C)(C)OC(=O)N[C@@H](Cc1nc(-c2ccccc2)no1)C(=O)OCc1ccccc1. The minimum atomic E-state index is -1.05. The van der Waals surface area contributed by atoms with Gasteiger partial charge in [-0.15, -0.1) is 0 Å². The summed E-state index contributed by atoms with van der Waals surface area (Å²) in [5.74, 6) is -0.0463. The first-order valence-electron chi connectivity index (χ1n) is 9.88. The van der Waals surface area contributed by atoms with Gasteiger partial charge in [0.05, 0.1) is 6.42 Å². The van der Waals surface area contributed by atoms with Crippen LogP contribution in [0.5, 0.6) is 0 Å². The molecule has 0 spiro atoms. The molecular weight excluding hydrogens is 398 g/mol. The number of benzene rings is 2. The molecule has 2 aromatic carbocycles. The smallest absolute Gasteiger partial charge is 0.408 e. The lowest BCUT2D eigenvalue weighted by atomic mass is 10.2. The number of nitrogens with zero attached hydrogens (tertiary/aromatic N) is 2. The van der Waals surface area contributed by atoms with E-state index in [-0.39, 0.29) is 18.9 Å². The van der Waals surface area contributed by atoms with E-state index in [1.807, 2.05) is 60.7 Å². The summed E-state index contributed by atoms with van der Waals surface area (Å²) in [7, 11) is 0. The molecule has 0 unspecified atom stereocenters. The van der Waals surface area contributed by atoms with Crippen molar-refractivity contribution in [3.05, 3.63) is 72.1 Å². The van der Waals surface area contributed by atoms with Crippen molar-refractivity contribution >= 4 is 12.1 Å². The second-order valence-electron chi connectivity index (χ2n) is 7.87. The van der Waals surface area contributed by atoms with Crippen LogP contribution in [0, 0.1) is 0 Å². The highest BCUT2D eigenvalue weighted by Crippen LogP contribution is 2.16. The van der Waals surface area contributed by atoms with E-state index in [4.69, 9.17) is 14.0 Å². The molecule has 0 aliphatic rings. The average Bonchev–Trinajstić information content (AvgIpc) is 3.20. The van der Waals surface area contributed by atoms with Gasteiger partial charge < -0.3 is 19.3 Å². The summed E-state index contributed by atoms with van der Waals surface area (Å²) in [6.45, 7) is 5.28. The van der Waals surface area contributed by atoms with E-state index >= 15 is 0 Å². The molecule has 0 fully saturated rings. The van der Waals surface area contributed by atoms with E-state index in [1.165, 1.54) is 0 Å². The van der Waals surface area contributed by atoms with Crippen LogP contribution in [0.3, 0.4) is 0 Å². The lowest BCUT2D eigenvalue weighted by Crippen LogP contribution is -2.45. The third-order valence-corrected chi connectivity index (χ3v) is 4.08. The Hall–Kier alpha value is -3.68. The molecule has 1 aromatic heterocycles. The topological polar surface area (TPSA) is 104 Å². The largest absolute Gasteiger partial charge is 0.459 e. The van der Waals surface area contributed by atoms with E-state index < -0.39 is 23.7 Å². The van der Waals surface area contributed by atoms with Gasteiger partial charge in [-0.05, 0) is 26.3 Å². The standard InChI is InChI=1S/C23H25N3O5/c1-23(2,3)30-22(28)24-18(21(27)29-15-16-10-6-4-7-11-16)14-19-25-20(26-31-19)17-12-8-5-9-13-17/h4-13,18H,14-15H2,1-3H3,(H,24,28)/t18-/m0/s1. The van der Waals surface area contributed by atoms with Crippen molar-refractivity contribution in [3.63, 3.8) is 0 Å². The van der Waals surface area contributed by atoms with Gasteiger partial charge in [0.2, 0.25) is 11.7 Å². The molecule has 0 radical (unpaired) electrons. The van der Waals surface area contributed by atoms with E-state index in [1.54, 1.807) is 20.8 Å². The molecule has 162 valence electrons. The Morgan fingerprint density at radius 1 is 1.03 bits per heavy atom. The zero-order valence-corrected chi connectivity index (χ0v) is 17.7. The lowest BCUT2D eigenvalue weighted by molar-refractivity contribution is -0.147. The predicted octanol–water partition coefficient (Wildman–Crippen LogP) is 3.92. The molecule has 0 saturated heterocycles. The second-order valence-corrected chi connectivity index (χ2v) is 7.87. The van der Waals surface area contributed by atoms with Gasteiger partial charge in [0, 0.05) is 5.56 Å². The van der Waals surface area contributed by atoms with E-state index in [0.29, 0.717) is 5.82 Å². The summed E-state index contributed by atoms with van der Waals surface area (Å²) in [6.07, 6.45) is -0.774. The van der Waals surface area contributed by atoms with Crippen LogP contribution in [0.15, 0.2) is 65.2 Å². The fraction of sp³-hybridized carbons (Fsp3) is 0.304. The van der Waals surface area contributed by atoms with Crippen molar-refractivity contribution in [1.29, 1.82) is 0 Å². The number of hydrogen-bond acceptors (Lipinski definition) is 7. The normalized spacial score (nSPS) is 12.1. The number of carbonyl (C=O) groups excluding carboxylic acids is 2. The Bertz CT molecular complexity index is 997. The number of hydrogen-bond donors (Lipinski definition) is 1. The summed E-state index contributed by atoms with van der Waals surface area (Å²) in [5, 5.41) is 6.49. The molecule has 1 amide bonds. The molecule has 0 aliphatic heterocycles.